The van der Waals surface area contributed by atoms with Gasteiger partial charge in [0.15, 0.2) is 0 Å². The van der Waals surface area contributed by atoms with Crippen LogP contribution in [0.4, 0.5) is 0 Å². The molecular weight excluding hydrogens is 246 g/mol. The fourth-order valence-corrected chi connectivity index (χ4v) is 2.41. The Bertz CT molecular complexity index is 361. The summed E-state index contributed by atoms with van der Waals surface area (Å²) in [6.07, 6.45) is 1.90. The molecule has 0 amide bonds. The lowest BCUT2D eigenvalue weighted by Gasteiger charge is -2.36. The third-order valence-corrected chi connectivity index (χ3v) is 3.67. The summed E-state index contributed by atoms with van der Waals surface area (Å²) in [4.78, 5) is 9.08. The van der Waals surface area contributed by atoms with Gasteiger partial charge in [0.25, 0.3) is 0 Å². The maximum absolute atomic E-state index is 5.06. The molecule has 18 heavy (non-hydrogen) atoms. The van der Waals surface area contributed by atoms with Gasteiger partial charge in [-0.1, -0.05) is 6.07 Å². The molecule has 1 unspecified atom stereocenters. The number of ether oxygens (including phenoxy) is 1. The van der Waals surface area contributed by atoms with Crippen molar-refractivity contribution in [1.82, 2.24) is 14.8 Å². The van der Waals surface area contributed by atoms with Crippen LogP contribution in [0.3, 0.4) is 0 Å². The third kappa shape index (κ3) is 3.60. The number of aromatic nitrogens is 1. The van der Waals surface area contributed by atoms with Crippen molar-refractivity contribution in [2.24, 2.45) is 0 Å². The summed E-state index contributed by atoms with van der Waals surface area (Å²) in [5.41, 5.74) is 1.24. The molecule has 1 aromatic rings. The van der Waals surface area contributed by atoms with Gasteiger partial charge in [0.2, 0.25) is 5.88 Å². The van der Waals surface area contributed by atoms with Crippen LogP contribution in [-0.4, -0.2) is 53.4 Å². The molecule has 100 valence electrons. The van der Waals surface area contributed by atoms with Crippen molar-refractivity contribution in [1.29, 1.82) is 0 Å². The number of pyridine rings is 1. The quantitative estimate of drug-likeness (QED) is 0.837. The Kier molecular flexibility index (Phi) is 4.86. The van der Waals surface area contributed by atoms with Crippen LogP contribution in [0.15, 0.2) is 18.3 Å². The van der Waals surface area contributed by atoms with Crippen LogP contribution in [0.2, 0.25) is 0 Å². The number of nitrogens with zero attached hydrogens (tertiary/aromatic N) is 3. The van der Waals surface area contributed by atoms with E-state index in [1.165, 1.54) is 5.56 Å². The molecule has 2 rings (SSSR count). The van der Waals surface area contributed by atoms with E-state index in [9.17, 15) is 0 Å². The average molecular weight is 267 g/mol. The molecule has 4 nitrogen and oxygen atoms in total. The number of hydrogen-bond acceptors (Lipinski definition) is 5. The van der Waals surface area contributed by atoms with Crippen molar-refractivity contribution in [2.75, 3.05) is 33.3 Å². The van der Waals surface area contributed by atoms with Crippen LogP contribution in [0.5, 0.6) is 5.88 Å². The van der Waals surface area contributed by atoms with Crippen LogP contribution in [0, 0.1) is 0 Å². The first kappa shape index (κ1) is 13.6. The lowest BCUT2D eigenvalue weighted by molar-refractivity contribution is 0.123. The molecule has 1 aliphatic heterocycles. The summed E-state index contributed by atoms with van der Waals surface area (Å²) in [6.45, 7) is 7.47. The zero-order valence-corrected chi connectivity index (χ0v) is 11.9. The smallest absolute Gasteiger partial charge is 0.212 e. The summed E-state index contributed by atoms with van der Waals surface area (Å²) in [6, 6.07) is 4.00. The normalized spacial score (nSPS) is 19.7. The average Bonchev–Trinajstić information content (AvgIpc) is 2.40. The second kappa shape index (κ2) is 6.41. The minimum atomic E-state index is 0.356. The molecule has 1 fully saturated rings. The fraction of sp³-hybridized carbons (Fsp3) is 0.615. The van der Waals surface area contributed by atoms with E-state index in [0.29, 0.717) is 11.3 Å². The number of methoxy groups -OCH3 is 1. The Morgan fingerprint density at radius 2 is 2.06 bits per heavy atom. The van der Waals surface area contributed by atoms with Gasteiger partial charge in [-0.2, -0.15) is 12.6 Å². The Balaban J connectivity index is 1.83. The second-order valence-corrected chi connectivity index (χ2v) is 5.40. The highest BCUT2D eigenvalue weighted by Gasteiger charge is 2.19. The summed E-state index contributed by atoms with van der Waals surface area (Å²) in [5, 5.41) is 0.356. The number of thiol groups is 1. The van der Waals surface area contributed by atoms with Crippen LogP contribution >= 0.6 is 12.6 Å². The van der Waals surface area contributed by atoms with Gasteiger partial charge in [-0.3, -0.25) is 9.80 Å². The first-order valence-corrected chi connectivity index (χ1v) is 6.84. The number of hydrogen-bond donors (Lipinski definition) is 1. The predicted octanol–water partition coefficient (Wildman–Crippen LogP) is 1.48. The van der Waals surface area contributed by atoms with E-state index < -0.39 is 0 Å². The maximum Gasteiger partial charge on any atom is 0.212 e. The van der Waals surface area contributed by atoms with Gasteiger partial charge in [-0.15, -0.1) is 0 Å². The van der Waals surface area contributed by atoms with E-state index in [2.05, 4.69) is 40.4 Å². The van der Waals surface area contributed by atoms with Crippen molar-refractivity contribution in [3.63, 3.8) is 0 Å². The van der Waals surface area contributed by atoms with Gasteiger partial charge < -0.3 is 4.74 Å². The molecule has 0 N–H and O–H groups in total. The lowest BCUT2D eigenvalue weighted by Crippen LogP contribution is -2.47. The largest absolute Gasteiger partial charge is 0.481 e. The van der Waals surface area contributed by atoms with Crippen molar-refractivity contribution >= 4 is 12.6 Å². The maximum atomic E-state index is 5.06. The lowest BCUT2D eigenvalue weighted by atomic mass is 10.2. The summed E-state index contributed by atoms with van der Waals surface area (Å²) < 4.78 is 5.06. The molecular formula is C13H21N3OS. The summed E-state index contributed by atoms with van der Waals surface area (Å²) >= 11 is 4.48. The Labute approximate surface area is 114 Å². The van der Waals surface area contributed by atoms with Gasteiger partial charge in [-0.25, -0.2) is 4.98 Å². The molecule has 0 bridgehead atoms. The third-order valence-electron chi connectivity index (χ3n) is 3.35. The SMILES string of the molecule is COc1ccc(CN2CCN(C(C)S)CC2)cn1. The first-order chi connectivity index (χ1) is 8.69. The van der Waals surface area contributed by atoms with Crippen LogP contribution in [-0.2, 0) is 6.54 Å². The minimum absolute atomic E-state index is 0.356. The fourth-order valence-electron chi connectivity index (χ4n) is 2.18. The first-order valence-electron chi connectivity index (χ1n) is 6.32. The van der Waals surface area contributed by atoms with E-state index in [0.717, 1.165) is 32.7 Å². The van der Waals surface area contributed by atoms with Crippen molar-refractivity contribution < 1.29 is 4.74 Å². The highest BCUT2D eigenvalue weighted by Crippen LogP contribution is 2.13. The monoisotopic (exact) mass is 267 g/mol. The number of rotatable bonds is 4. The zero-order chi connectivity index (χ0) is 13.0. The zero-order valence-electron chi connectivity index (χ0n) is 11.0. The minimum Gasteiger partial charge on any atom is -0.481 e. The summed E-state index contributed by atoms with van der Waals surface area (Å²) in [7, 11) is 1.64. The summed E-state index contributed by atoms with van der Waals surface area (Å²) in [5.74, 6) is 0.674. The van der Waals surface area contributed by atoms with Gasteiger partial charge in [-0.05, 0) is 12.5 Å². The van der Waals surface area contributed by atoms with Crippen molar-refractivity contribution in [3.8, 4) is 5.88 Å². The highest BCUT2D eigenvalue weighted by atomic mass is 32.1. The molecule has 0 saturated carbocycles. The molecule has 0 aliphatic carbocycles. The molecule has 0 aromatic carbocycles. The predicted molar refractivity (Wildman–Crippen MR) is 76.1 cm³/mol. The van der Waals surface area contributed by atoms with E-state index in [1.807, 2.05) is 12.3 Å². The topological polar surface area (TPSA) is 28.6 Å². The van der Waals surface area contributed by atoms with E-state index in [4.69, 9.17) is 4.74 Å². The van der Waals surface area contributed by atoms with Gasteiger partial charge in [0.05, 0.1) is 7.11 Å². The molecule has 1 aromatic heterocycles. The van der Waals surface area contributed by atoms with Crippen molar-refractivity contribution in [2.45, 2.75) is 18.8 Å². The van der Waals surface area contributed by atoms with E-state index in [-0.39, 0.29) is 0 Å². The second-order valence-electron chi connectivity index (χ2n) is 4.65. The Morgan fingerprint density at radius 3 is 2.56 bits per heavy atom. The van der Waals surface area contributed by atoms with E-state index in [1.54, 1.807) is 7.11 Å². The molecule has 0 radical (unpaired) electrons. The van der Waals surface area contributed by atoms with Crippen LogP contribution < -0.4 is 4.74 Å². The van der Waals surface area contributed by atoms with E-state index >= 15 is 0 Å². The molecule has 1 saturated heterocycles. The van der Waals surface area contributed by atoms with Crippen molar-refractivity contribution in [3.05, 3.63) is 23.9 Å². The molecule has 1 aliphatic rings. The molecule has 2 heterocycles. The molecule has 0 spiro atoms. The molecule has 1 atom stereocenters. The highest BCUT2D eigenvalue weighted by molar-refractivity contribution is 7.80. The Hall–Kier alpha value is -0.780. The molecule has 5 heteroatoms. The van der Waals surface area contributed by atoms with Gasteiger partial charge in [0, 0.05) is 50.4 Å². The van der Waals surface area contributed by atoms with Crippen LogP contribution in [0.25, 0.3) is 0 Å². The van der Waals surface area contributed by atoms with Gasteiger partial charge in [0.1, 0.15) is 0 Å². The standard InChI is InChI=1S/C13H21N3OS/c1-11(18)16-7-5-15(6-8-16)10-12-3-4-13(17-2)14-9-12/h3-4,9,11,18H,5-8,10H2,1-2H3. The van der Waals surface area contributed by atoms with Gasteiger partial charge >= 0.3 is 0 Å². The Morgan fingerprint density at radius 1 is 1.33 bits per heavy atom. The van der Waals surface area contributed by atoms with Crippen LogP contribution in [0.1, 0.15) is 12.5 Å². The number of piperazine rings is 1.